The summed E-state index contributed by atoms with van der Waals surface area (Å²) in [5.41, 5.74) is 2.65. The maximum atomic E-state index is 3.63. The molecule has 1 nitrogen and oxygen atoms in total. The molecular weight excluding hydrogens is 286 g/mol. The van der Waals surface area contributed by atoms with Gasteiger partial charge in [0.1, 0.15) is 0 Å². The summed E-state index contributed by atoms with van der Waals surface area (Å²) in [6, 6.07) is 7.17. The van der Waals surface area contributed by atoms with Crippen molar-refractivity contribution in [1.82, 2.24) is 5.32 Å². The van der Waals surface area contributed by atoms with Gasteiger partial charge in [-0.25, -0.2) is 0 Å². The fraction of sp³-hybridized carbons (Fsp3) is 0.625. The lowest BCUT2D eigenvalue weighted by molar-refractivity contribution is 0.482. The van der Waals surface area contributed by atoms with Crippen LogP contribution in [0.1, 0.15) is 57.1 Å². The van der Waals surface area contributed by atoms with Crippen LogP contribution in [0.2, 0.25) is 0 Å². The molecule has 1 rings (SSSR count). The lowest BCUT2D eigenvalue weighted by Crippen LogP contribution is -2.25. The van der Waals surface area contributed by atoms with Gasteiger partial charge in [-0.05, 0) is 37.5 Å². The standard InChI is InChI=1S/C16H26BrN/c1-4-5-6-7-8-14(3)18-12-15-10-9-13(2)11-16(15)17/h9-11,14,18H,4-8,12H2,1-3H3. The molecule has 0 aliphatic rings. The van der Waals surface area contributed by atoms with Gasteiger partial charge in [-0.2, -0.15) is 0 Å². The number of hydrogen-bond donors (Lipinski definition) is 1. The number of unbranched alkanes of at least 4 members (excludes halogenated alkanes) is 3. The van der Waals surface area contributed by atoms with Gasteiger partial charge in [0.25, 0.3) is 0 Å². The predicted octanol–water partition coefficient (Wildman–Crippen LogP) is 5.21. The van der Waals surface area contributed by atoms with Crippen LogP contribution in [0.25, 0.3) is 0 Å². The highest BCUT2D eigenvalue weighted by atomic mass is 79.9. The first-order valence-corrected chi connectivity index (χ1v) is 7.91. The van der Waals surface area contributed by atoms with Crippen molar-refractivity contribution < 1.29 is 0 Å². The second-order valence-electron chi connectivity index (χ2n) is 5.23. The molecule has 1 unspecified atom stereocenters. The van der Waals surface area contributed by atoms with Gasteiger partial charge in [-0.15, -0.1) is 0 Å². The monoisotopic (exact) mass is 311 g/mol. The van der Waals surface area contributed by atoms with Crippen molar-refractivity contribution in [3.8, 4) is 0 Å². The van der Waals surface area contributed by atoms with Crippen molar-refractivity contribution in [3.05, 3.63) is 33.8 Å². The molecule has 0 bridgehead atoms. The van der Waals surface area contributed by atoms with Crippen LogP contribution < -0.4 is 5.32 Å². The highest BCUT2D eigenvalue weighted by molar-refractivity contribution is 9.10. The average Bonchev–Trinajstić information content (AvgIpc) is 2.33. The van der Waals surface area contributed by atoms with Gasteiger partial charge in [0.15, 0.2) is 0 Å². The summed E-state index contributed by atoms with van der Waals surface area (Å²) < 4.78 is 1.22. The second-order valence-corrected chi connectivity index (χ2v) is 6.08. The van der Waals surface area contributed by atoms with Crippen LogP contribution in [0, 0.1) is 6.92 Å². The van der Waals surface area contributed by atoms with E-state index in [0.29, 0.717) is 6.04 Å². The number of aryl methyl sites for hydroxylation is 1. The van der Waals surface area contributed by atoms with E-state index in [1.807, 2.05) is 0 Å². The Morgan fingerprint density at radius 3 is 2.67 bits per heavy atom. The third kappa shape index (κ3) is 6.01. The Balaban J connectivity index is 2.27. The average molecular weight is 312 g/mol. The Kier molecular flexibility index (Phi) is 7.60. The SMILES string of the molecule is CCCCCCC(C)NCc1ccc(C)cc1Br. The van der Waals surface area contributed by atoms with E-state index in [-0.39, 0.29) is 0 Å². The van der Waals surface area contributed by atoms with Crippen molar-refractivity contribution in [3.63, 3.8) is 0 Å². The van der Waals surface area contributed by atoms with Crippen LogP contribution in [-0.4, -0.2) is 6.04 Å². The molecule has 0 saturated heterocycles. The zero-order chi connectivity index (χ0) is 13.4. The zero-order valence-corrected chi connectivity index (χ0v) is 13.5. The van der Waals surface area contributed by atoms with Crippen molar-refractivity contribution in [1.29, 1.82) is 0 Å². The van der Waals surface area contributed by atoms with Crippen LogP contribution in [-0.2, 0) is 6.54 Å². The quantitative estimate of drug-likeness (QED) is 0.650. The van der Waals surface area contributed by atoms with E-state index in [9.17, 15) is 0 Å². The highest BCUT2D eigenvalue weighted by Crippen LogP contribution is 2.18. The van der Waals surface area contributed by atoms with Gasteiger partial charge in [0, 0.05) is 17.1 Å². The fourth-order valence-electron chi connectivity index (χ4n) is 2.06. The van der Waals surface area contributed by atoms with Gasteiger partial charge in [0.2, 0.25) is 0 Å². The summed E-state index contributed by atoms with van der Waals surface area (Å²) in [6.07, 6.45) is 6.69. The molecule has 0 amide bonds. The molecule has 0 saturated carbocycles. The first-order valence-electron chi connectivity index (χ1n) is 7.12. The summed E-state index contributed by atoms with van der Waals surface area (Å²) in [4.78, 5) is 0. The largest absolute Gasteiger partial charge is 0.310 e. The normalized spacial score (nSPS) is 12.7. The van der Waals surface area contributed by atoms with Gasteiger partial charge < -0.3 is 5.32 Å². The lowest BCUT2D eigenvalue weighted by atomic mass is 10.1. The molecular formula is C16H26BrN. The smallest absolute Gasteiger partial charge is 0.0222 e. The summed E-state index contributed by atoms with van der Waals surface area (Å²) >= 11 is 3.63. The highest BCUT2D eigenvalue weighted by Gasteiger charge is 2.04. The molecule has 1 atom stereocenters. The summed E-state index contributed by atoms with van der Waals surface area (Å²) in [5.74, 6) is 0. The number of benzene rings is 1. The van der Waals surface area contributed by atoms with E-state index in [1.165, 1.54) is 47.7 Å². The molecule has 0 radical (unpaired) electrons. The topological polar surface area (TPSA) is 12.0 Å². The maximum Gasteiger partial charge on any atom is 0.0222 e. The van der Waals surface area contributed by atoms with Crippen LogP contribution >= 0.6 is 15.9 Å². The molecule has 0 heterocycles. The van der Waals surface area contributed by atoms with Crippen molar-refractivity contribution in [2.24, 2.45) is 0 Å². The minimum absolute atomic E-state index is 0.607. The van der Waals surface area contributed by atoms with Crippen LogP contribution in [0.3, 0.4) is 0 Å². The number of nitrogens with one attached hydrogen (secondary N) is 1. The third-order valence-electron chi connectivity index (χ3n) is 3.34. The van der Waals surface area contributed by atoms with Gasteiger partial charge in [-0.3, -0.25) is 0 Å². The van der Waals surface area contributed by atoms with Crippen molar-refractivity contribution in [2.75, 3.05) is 0 Å². The molecule has 0 aromatic heterocycles. The molecule has 18 heavy (non-hydrogen) atoms. The van der Waals surface area contributed by atoms with Crippen molar-refractivity contribution in [2.45, 2.75) is 65.5 Å². The Morgan fingerprint density at radius 2 is 2.00 bits per heavy atom. The molecule has 1 aromatic carbocycles. The number of halogens is 1. The second kappa shape index (κ2) is 8.71. The van der Waals surface area contributed by atoms with E-state index >= 15 is 0 Å². The molecule has 0 aliphatic carbocycles. The van der Waals surface area contributed by atoms with Crippen LogP contribution in [0.4, 0.5) is 0 Å². The molecule has 0 spiro atoms. The minimum atomic E-state index is 0.607. The molecule has 0 fully saturated rings. The summed E-state index contributed by atoms with van der Waals surface area (Å²) in [7, 11) is 0. The van der Waals surface area contributed by atoms with Gasteiger partial charge in [0.05, 0.1) is 0 Å². The van der Waals surface area contributed by atoms with E-state index in [0.717, 1.165) is 6.54 Å². The fourth-order valence-corrected chi connectivity index (χ4v) is 2.69. The Morgan fingerprint density at radius 1 is 1.22 bits per heavy atom. The van der Waals surface area contributed by atoms with Crippen molar-refractivity contribution >= 4 is 15.9 Å². The Bertz CT molecular complexity index is 349. The number of hydrogen-bond acceptors (Lipinski definition) is 1. The summed E-state index contributed by atoms with van der Waals surface area (Å²) in [6.45, 7) is 7.62. The van der Waals surface area contributed by atoms with Gasteiger partial charge >= 0.3 is 0 Å². The summed E-state index contributed by atoms with van der Waals surface area (Å²) in [5, 5.41) is 3.61. The minimum Gasteiger partial charge on any atom is -0.310 e. The Hall–Kier alpha value is -0.340. The molecule has 1 N–H and O–H groups in total. The first kappa shape index (κ1) is 15.7. The maximum absolute atomic E-state index is 3.63. The molecule has 2 heteroatoms. The van der Waals surface area contributed by atoms with E-state index < -0.39 is 0 Å². The van der Waals surface area contributed by atoms with Crippen LogP contribution in [0.15, 0.2) is 22.7 Å². The van der Waals surface area contributed by atoms with Gasteiger partial charge in [-0.1, -0.05) is 60.7 Å². The van der Waals surface area contributed by atoms with E-state index in [4.69, 9.17) is 0 Å². The Labute approximate surface area is 120 Å². The van der Waals surface area contributed by atoms with E-state index in [2.05, 4.69) is 60.2 Å². The number of rotatable bonds is 8. The molecule has 1 aromatic rings. The predicted molar refractivity (Wildman–Crippen MR) is 83.9 cm³/mol. The van der Waals surface area contributed by atoms with Crippen LogP contribution in [0.5, 0.6) is 0 Å². The van der Waals surface area contributed by atoms with E-state index in [1.54, 1.807) is 0 Å². The molecule has 102 valence electrons. The molecule has 0 aliphatic heterocycles. The zero-order valence-electron chi connectivity index (χ0n) is 11.9. The lowest BCUT2D eigenvalue weighted by Gasteiger charge is -2.14. The third-order valence-corrected chi connectivity index (χ3v) is 4.08. The first-order chi connectivity index (χ1) is 8.63.